The Kier molecular flexibility index (Phi) is 7.16. The lowest BCUT2D eigenvalue weighted by Gasteiger charge is -2.34. The maximum absolute atomic E-state index is 13.5. The highest BCUT2D eigenvalue weighted by Gasteiger charge is 2.44. The van der Waals surface area contributed by atoms with Gasteiger partial charge in [0.25, 0.3) is 0 Å². The molecule has 1 atom stereocenters. The van der Waals surface area contributed by atoms with Crippen LogP contribution in [0.25, 0.3) is 0 Å². The minimum Gasteiger partial charge on any atom is -0.365 e. The van der Waals surface area contributed by atoms with E-state index in [4.69, 9.17) is 0 Å². The molecule has 3 N–H and O–H groups in total. The van der Waals surface area contributed by atoms with Crippen LogP contribution in [0.2, 0.25) is 0 Å². The van der Waals surface area contributed by atoms with E-state index in [-0.39, 0.29) is 24.0 Å². The van der Waals surface area contributed by atoms with Gasteiger partial charge in [-0.2, -0.15) is 5.10 Å². The summed E-state index contributed by atoms with van der Waals surface area (Å²) in [5.41, 5.74) is 2.54. The van der Waals surface area contributed by atoms with Gasteiger partial charge in [0, 0.05) is 31.2 Å². The van der Waals surface area contributed by atoms with Gasteiger partial charge >= 0.3 is 6.03 Å². The number of hydrogen-bond donors (Lipinski definition) is 3. The molecule has 9 nitrogen and oxygen atoms in total. The topological polar surface area (TPSA) is 96.6 Å². The number of benzene rings is 1. The molecule has 1 fully saturated rings. The number of fused-ring (bicyclic) bond motifs is 1. The number of carbonyl (C=O) groups is 2. The largest absolute Gasteiger partial charge is 0.365 e. The van der Waals surface area contributed by atoms with Crippen molar-refractivity contribution < 1.29 is 9.59 Å². The number of urea groups is 1. The molecule has 0 unspecified atom stereocenters. The maximum Gasteiger partial charge on any atom is 0.319 e. The monoisotopic (exact) mass is 479 g/mol. The Morgan fingerprint density at radius 2 is 1.94 bits per heavy atom. The first kappa shape index (κ1) is 24.8. The number of H-pyrrole nitrogens is 1. The summed E-state index contributed by atoms with van der Waals surface area (Å²) in [5.74, 6) is 0.778. The van der Waals surface area contributed by atoms with Gasteiger partial charge < -0.3 is 25.3 Å². The molecule has 2 aliphatic rings. The number of likely N-dealkylation sites (N-methyl/N-ethyl adjacent to an activating group) is 1. The Morgan fingerprint density at radius 1 is 1.26 bits per heavy atom. The number of aromatic amines is 1. The fourth-order valence-corrected chi connectivity index (χ4v) is 5.04. The number of nitrogens with one attached hydrogen (secondary N) is 3. The Hall–Kier alpha value is -3.33. The molecule has 9 heteroatoms. The molecular formula is C26H37N7O2. The summed E-state index contributed by atoms with van der Waals surface area (Å²) < 4.78 is 0. The van der Waals surface area contributed by atoms with E-state index in [0.29, 0.717) is 26.2 Å². The molecule has 1 aromatic heterocycles. The highest BCUT2D eigenvalue weighted by Crippen LogP contribution is 2.41. The van der Waals surface area contributed by atoms with Crippen LogP contribution in [-0.4, -0.2) is 76.6 Å². The van der Waals surface area contributed by atoms with Gasteiger partial charge in [0.05, 0.1) is 23.8 Å². The van der Waals surface area contributed by atoms with Gasteiger partial charge in [0.1, 0.15) is 0 Å². The smallest absolute Gasteiger partial charge is 0.319 e. The van der Waals surface area contributed by atoms with Crippen LogP contribution in [0, 0.1) is 0 Å². The fourth-order valence-electron chi connectivity index (χ4n) is 5.04. The van der Waals surface area contributed by atoms with Gasteiger partial charge in [-0.15, -0.1) is 0 Å². The summed E-state index contributed by atoms with van der Waals surface area (Å²) >= 11 is 0. The normalized spacial score (nSPS) is 18.3. The summed E-state index contributed by atoms with van der Waals surface area (Å²) in [5, 5.41) is 14.5. The number of amides is 3. The van der Waals surface area contributed by atoms with Crippen LogP contribution in [0.3, 0.4) is 0 Å². The predicted octanol–water partition coefficient (Wildman–Crippen LogP) is 3.06. The van der Waals surface area contributed by atoms with Crippen molar-refractivity contribution in [2.75, 3.05) is 39.0 Å². The van der Waals surface area contributed by atoms with E-state index in [0.717, 1.165) is 35.5 Å². The van der Waals surface area contributed by atoms with Crippen molar-refractivity contribution in [1.29, 1.82) is 0 Å². The highest BCUT2D eigenvalue weighted by atomic mass is 16.2. The van der Waals surface area contributed by atoms with Gasteiger partial charge in [0.15, 0.2) is 5.82 Å². The van der Waals surface area contributed by atoms with E-state index in [1.807, 2.05) is 68.1 Å². The first-order chi connectivity index (χ1) is 16.7. The molecule has 0 bridgehead atoms. The molecule has 0 saturated carbocycles. The number of aromatic nitrogens is 2. The van der Waals surface area contributed by atoms with Crippen molar-refractivity contribution in [2.24, 2.45) is 0 Å². The van der Waals surface area contributed by atoms with Crippen molar-refractivity contribution >= 4 is 17.8 Å². The molecule has 1 saturated heterocycles. The first-order valence-corrected chi connectivity index (χ1v) is 12.2. The molecule has 3 heterocycles. The lowest BCUT2D eigenvalue weighted by Crippen LogP contribution is -2.48. The van der Waals surface area contributed by atoms with Crippen LogP contribution >= 0.6 is 0 Å². The molecule has 35 heavy (non-hydrogen) atoms. The summed E-state index contributed by atoms with van der Waals surface area (Å²) in [6, 6.07) is 10.1. The van der Waals surface area contributed by atoms with E-state index >= 15 is 0 Å². The van der Waals surface area contributed by atoms with E-state index < -0.39 is 5.54 Å². The van der Waals surface area contributed by atoms with Crippen molar-refractivity contribution in [2.45, 2.75) is 50.9 Å². The second kappa shape index (κ2) is 10.1. The maximum atomic E-state index is 13.5. The summed E-state index contributed by atoms with van der Waals surface area (Å²) in [6.07, 6.45) is 3.06. The van der Waals surface area contributed by atoms with Gasteiger partial charge in [-0.1, -0.05) is 36.9 Å². The van der Waals surface area contributed by atoms with Crippen LogP contribution in [0.4, 0.5) is 10.6 Å². The molecule has 0 radical (unpaired) electrons. The Morgan fingerprint density at radius 3 is 2.57 bits per heavy atom. The molecule has 0 spiro atoms. The number of piperidine rings is 1. The van der Waals surface area contributed by atoms with Crippen LogP contribution in [-0.2, 0) is 16.9 Å². The molecule has 2 aliphatic heterocycles. The minimum absolute atomic E-state index is 0.0180. The van der Waals surface area contributed by atoms with Crippen molar-refractivity contribution in [3.05, 3.63) is 59.8 Å². The molecule has 0 aliphatic carbocycles. The zero-order valence-electron chi connectivity index (χ0n) is 21.2. The third-order valence-corrected chi connectivity index (χ3v) is 7.08. The fraction of sp³-hybridized carbons (Fsp3) is 0.500. The molecular weight excluding hydrogens is 442 g/mol. The number of hydrogen-bond acceptors (Lipinski definition) is 5. The average Bonchev–Trinajstić information content (AvgIpc) is 3.36. The molecule has 4 rings (SSSR count). The van der Waals surface area contributed by atoms with E-state index in [1.165, 1.54) is 6.08 Å². The van der Waals surface area contributed by atoms with E-state index in [9.17, 15) is 9.59 Å². The number of anilines is 1. The molecule has 1 aromatic carbocycles. The van der Waals surface area contributed by atoms with Crippen LogP contribution in [0.5, 0.6) is 0 Å². The highest BCUT2D eigenvalue weighted by molar-refractivity contribution is 5.87. The average molecular weight is 480 g/mol. The van der Waals surface area contributed by atoms with Crippen LogP contribution in [0.15, 0.2) is 43.0 Å². The standard InChI is InChI=1S/C26H37N7O2/c1-6-22(34)32-14-12-19(13-15-32)27-24-20-16-33(26(2,3)23(20)29-30-24)25(35)28-21(17-31(4)5)18-10-8-7-9-11-18/h6-11,19,21H,1,12-17H2,2-5H3,(H,28,35)(H2,27,29,30)/t21-/m1/s1. The quantitative estimate of drug-likeness (QED) is 0.531. The number of nitrogens with zero attached hydrogens (tertiary/aromatic N) is 4. The van der Waals surface area contributed by atoms with Crippen molar-refractivity contribution in [1.82, 2.24) is 30.2 Å². The molecule has 2 aromatic rings. The summed E-state index contributed by atoms with van der Waals surface area (Å²) in [6.45, 7) is 10.2. The van der Waals surface area contributed by atoms with Crippen LogP contribution in [0.1, 0.15) is 49.6 Å². The SMILES string of the molecule is C=CC(=O)N1CCC(Nc2n[nH]c3c2CN(C(=O)N[C@H](CN(C)C)c2ccccc2)C3(C)C)CC1. The Labute approximate surface area is 207 Å². The van der Waals surface area contributed by atoms with Gasteiger partial charge in [-0.3, -0.25) is 9.89 Å². The lowest BCUT2D eigenvalue weighted by molar-refractivity contribution is -0.126. The van der Waals surface area contributed by atoms with Gasteiger partial charge in [-0.25, -0.2) is 4.79 Å². The zero-order chi connectivity index (χ0) is 25.2. The van der Waals surface area contributed by atoms with Crippen LogP contribution < -0.4 is 10.6 Å². The number of rotatable bonds is 7. The molecule has 188 valence electrons. The number of carbonyl (C=O) groups excluding carboxylic acids is 2. The third kappa shape index (κ3) is 5.19. The minimum atomic E-state index is -0.522. The van der Waals surface area contributed by atoms with Gasteiger partial charge in [-0.05, 0) is 52.4 Å². The van der Waals surface area contributed by atoms with E-state index in [2.05, 4.69) is 32.3 Å². The summed E-state index contributed by atoms with van der Waals surface area (Å²) in [7, 11) is 4.02. The van der Waals surface area contributed by atoms with Crippen molar-refractivity contribution in [3.63, 3.8) is 0 Å². The lowest BCUT2D eigenvalue weighted by atomic mass is 10.0. The second-order valence-electron chi connectivity index (χ2n) is 10.2. The van der Waals surface area contributed by atoms with E-state index in [1.54, 1.807) is 0 Å². The Bertz CT molecular complexity index is 1050. The number of likely N-dealkylation sites (tertiary alicyclic amines) is 1. The van der Waals surface area contributed by atoms with Crippen molar-refractivity contribution in [3.8, 4) is 0 Å². The Balaban J connectivity index is 1.44. The second-order valence-corrected chi connectivity index (χ2v) is 10.2. The summed E-state index contributed by atoms with van der Waals surface area (Å²) in [4.78, 5) is 31.2. The molecule has 3 amide bonds. The third-order valence-electron chi connectivity index (χ3n) is 7.08. The zero-order valence-corrected chi connectivity index (χ0v) is 21.2. The van der Waals surface area contributed by atoms with Gasteiger partial charge in [0.2, 0.25) is 5.91 Å². The first-order valence-electron chi connectivity index (χ1n) is 12.2. The predicted molar refractivity (Wildman–Crippen MR) is 137 cm³/mol.